The lowest BCUT2D eigenvalue weighted by molar-refractivity contribution is -0.142. The van der Waals surface area contributed by atoms with Gasteiger partial charge in [0.25, 0.3) is 0 Å². The number of nitrogens with two attached hydrogens (primary N) is 2. The van der Waals surface area contributed by atoms with Crippen molar-refractivity contribution in [2.24, 2.45) is 34.2 Å². The van der Waals surface area contributed by atoms with Gasteiger partial charge >= 0.3 is 0 Å². The molecule has 1 aliphatic heterocycles. The van der Waals surface area contributed by atoms with Crippen molar-refractivity contribution in [1.29, 1.82) is 0 Å². The molecule has 1 saturated heterocycles. The Labute approximate surface area is 441 Å². The van der Waals surface area contributed by atoms with E-state index < -0.39 is 114 Å². The summed E-state index contributed by atoms with van der Waals surface area (Å²) >= 11 is 0. The van der Waals surface area contributed by atoms with Crippen LogP contribution in [0.3, 0.4) is 0 Å². The van der Waals surface area contributed by atoms with Gasteiger partial charge in [-0.25, -0.2) is 0 Å². The Kier molecular flexibility index (Phi) is 27.6. The SMILES string of the molecule is CCC[C@H](NC(=O)[C@H](Cc1ccc(O)cc1)NC(=O)[C@@H](NC(=O)[C@@H](NC(=O)CNC(=O)CN(C)C(C)=O)C(C)C)[C@H](C)CC)C(=O)N[C@@H](C(=O)N[C@@H](CCCN=C(N)N)C(=O)N1CCC[C@H]1C(=O)NCC)[C@@H](C)CC. The summed E-state index contributed by atoms with van der Waals surface area (Å²) in [5.74, 6) is -7.63. The van der Waals surface area contributed by atoms with E-state index in [0.717, 1.165) is 4.90 Å². The third-order valence-corrected chi connectivity index (χ3v) is 13.2. The molecule has 75 heavy (non-hydrogen) atoms. The molecule has 1 fully saturated rings. The predicted molar refractivity (Wildman–Crippen MR) is 282 cm³/mol. The molecule has 0 aromatic heterocycles. The first-order valence-electron chi connectivity index (χ1n) is 26.1. The highest BCUT2D eigenvalue weighted by Crippen LogP contribution is 2.21. The maximum absolute atomic E-state index is 14.5. The number of carbonyl (C=O) groups is 10. The van der Waals surface area contributed by atoms with Crippen LogP contribution >= 0.6 is 0 Å². The Balaban J connectivity index is 2.42. The van der Waals surface area contributed by atoms with Crippen LogP contribution in [0.15, 0.2) is 29.3 Å². The number of phenolic OH excluding ortho intramolecular Hbond substituents is 1. The number of hydrogen-bond acceptors (Lipinski definition) is 12. The first kappa shape index (κ1) is 64.1. The zero-order valence-corrected chi connectivity index (χ0v) is 45.5. The minimum absolute atomic E-state index is 0.0427. The number of aliphatic imine (C=N–C) groups is 1. The molecule has 1 aromatic carbocycles. The molecular weight excluding hydrogens is 971 g/mol. The topological polar surface area (TPSA) is 358 Å². The summed E-state index contributed by atoms with van der Waals surface area (Å²) in [6.45, 7) is 15.4. The van der Waals surface area contributed by atoms with E-state index in [0.29, 0.717) is 57.2 Å². The average molecular weight is 1060 g/mol. The van der Waals surface area contributed by atoms with Crippen molar-refractivity contribution in [1.82, 2.24) is 52.3 Å². The standard InChI is InChI=1S/C51H85N13O11/c1-11-17-35(44(69)61-42(30(7)12-2)48(73)58-36(18-15-24-55-51(52)53)50(75)64-25-16-19-38(64)46(71)54-14-4)57-45(70)37(26-33-20-22-34(66)23-21-33)59-49(74)43(31(8)13-3)62-47(72)41(29(5)6)60-39(67)27-56-40(68)28-63(10)32(9)65/h20-23,29-31,35-38,41-43,66H,11-19,24-28H2,1-10H3,(H,54,71)(H,56,68)(H,57,70)(H,58,73)(H,59,74)(H,60,67)(H,61,69)(H,62,72)(H4,52,53,55)/t30-,31+,35-,36-,37-,38-,41-,42+,43-/m0/s1. The molecule has 24 heteroatoms. The van der Waals surface area contributed by atoms with Gasteiger partial charge in [0.05, 0.1) is 13.1 Å². The number of aromatic hydroxyl groups is 1. The first-order valence-corrected chi connectivity index (χ1v) is 26.1. The number of guanidine groups is 1. The number of likely N-dealkylation sites (N-methyl/N-ethyl adjacent to an activating group) is 2. The lowest BCUT2D eigenvalue weighted by Crippen LogP contribution is -2.62. The molecule has 0 unspecified atom stereocenters. The smallest absolute Gasteiger partial charge is 0.245 e. The van der Waals surface area contributed by atoms with Crippen molar-refractivity contribution >= 4 is 65.0 Å². The van der Waals surface area contributed by atoms with Crippen LogP contribution in [0.2, 0.25) is 0 Å². The highest BCUT2D eigenvalue weighted by Gasteiger charge is 2.40. The molecule has 0 saturated carbocycles. The number of likely N-dealkylation sites (tertiary alicyclic amines) is 1. The predicted octanol–water partition coefficient (Wildman–Crippen LogP) is -0.833. The summed E-state index contributed by atoms with van der Waals surface area (Å²) in [7, 11) is 1.43. The number of hydrogen-bond donors (Lipinski definition) is 11. The van der Waals surface area contributed by atoms with E-state index in [4.69, 9.17) is 11.5 Å². The largest absolute Gasteiger partial charge is 0.508 e. The Morgan fingerprint density at radius 2 is 1.25 bits per heavy atom. The minimum Gasteiger partial charge on any atom is -0.508 e. The molecule has 10 amide bonds. The maximum atomic E-state index is 14.5. The zero-order valence-electron chi connectivity index (χ0n) is 45.5. The van der Waals surface area contributed by atoms with Gasteiger partial charge in [0.1, 0.15) is 48.0 Å². The van der Waals surface area contributed by atoms with Crippen molar-refractivity contribution in [3.05, 3.63) is 29.8 Å². The van der Waals surface area contributed by atoms with Gasteiger partial charge in [-0.05, 0) is 74.5 Å². The van der Waals surface area contributed by atoms with E-state index in [-0.39, 0.29) is 55.9 Å². The summed E-state index contributed by atoms with van der Waals surface area (Å²) in [5.41, 5.74) is 11.6. The molecule has 0 aliphatic carbocycles. The quantitative estimate of drug-likeness (QED) is 0.0246. The Hall–Kier alpha value is -7.01. The van der Waals surface area contributed by atoms with Crippen LogP contribution < -0.4 is 54.0 Å². The second-order valence-corrected chi connectivity index (χ2v) is 19.6. The average Bonchev–Trinajstić information content (AvgIpc) is 3.86. The molecule has 420 valence electrons. The Morgan fingerprint density at radius 1 is 0.707 bits per heavy atom. The molecule has 0 bridgehead atoms. The van der Waals surface area contributed by atoms with Crippen molar-refractivity contribution in [3.63, 3.8) is 0 Å². The van der Waals surface area contributed by atoms with Gasteiger partial charge in [0, 0.05) is 40.0 Å². The van der Waals surface area contributed by atoms with Gasteiger partial charge < -0.3 is 68.9 Å². The summed E-state index contributed by atoms with van der Waals surface area (Å²) in [4.78, 5) is 142. The van der Waals surface area contributed by atoms with Crippen molar-refractivity contribution in [2.45, 2.75) is 162 Å². The summed E-state index contributed by atoms with van der Waals surface area (Å²) in [5, 5.41) is 31.7. The third-order valence-electron chi connectivity index (χ3n) is 13.2. The summed E-state index contributed by atoms with van der Waals surface area (Å²) in [6, 6.07) is -2.03. The number of phenols is 1. The van der Waals surface area contributed by atoms with Gasteiger partial charge in [-0.1, -0.05) is 79.9 Å². The number of rotatable bonds is 31. The van der Waals surface area contributed by atoms with Crippen molar-refractivity contribution < 1.29 is 53.1 Å². The third kappa shape index (κ3) is 21.4. The van der Waals surface area contributed by atoms with Gasteiger partial charge in [-0.3, -0.25) is 52.9 Å². The van der Waals surface area contributed by atoms with Gasteiger partial charge in [-0.2, -0.15) is 0 Å². The first-order chi connectivity index (χ1) is 35.4. The van der Waals surface area contributed by atoms with E-state index >= 15 is 0 Å². The molecule has 13 N–H and O–H groups in total. The number of nitrogens with zero attached hydrogens (tertiary/aromatic N) is 3. The second-order valence-electron chi connectivity index (χ2n) is 19.6. The molecule has 2 rings (SSSR count). The van der Waals surface area contributed by atoms with Gasteiger partial charge in [0.15, 0.2) is 5.96 Å². The number of benzene rings is 1. The number of nitrogens with one attached hydrogen (secondary N) is 8. The van der Waals surface area contributed by atoms with E-state index in [9.17, 15) is 53.1 Å². The number of carbonyl (C=O) groups excluding carboxylic acids is 10. The fourth-order valence-electron chi connectivity index (χ4n) is 8.21. The van der Waals surface area contributed by atoms with Crippen molar-refractivity contribution in [3.8, 4) is 5.75 Å². The highest BCUT2D eigenvalue weighted by molar-refractivity contribution is 5.98. The van der Waals surface area contributed by atoms with Crippen molar-refractivity contribution in [2.75, 3.05) is 39.8 Å². The molecule has 1 aliphatic rings. The lowest BCUT2D eigenvalue weighted by atomic mass is 9.95. The molecule has 1 heterocycles. The molecule has 0 spiro atoms. The monoisotopic (exact) mass is 1060 g/mol. The van der Waals surface area contributed by atoms with Crippen LogP contribution in [-0.4, -0.2) is 162 Å². The molecule has 24 nitrogen and oxygen atoms in total. The Morgan fingerprint density at radius 3 is 1.79 bits per heavy atom. The van der Waals surface area contributed by atoms with Crippen LogP contribution in [0.4, 0.5) is 0 Å². The number of amides is 10. The van der Waals surface area contributed by atoms with Crippen LogP contribution in [0, 0.1) is 17.8 Å². The van der Waals surface area contributed by atoms with E-state index in [1.54, 1.807) is 60.6 Å². The van der Waals surface area contributed by atoms with Crippen LogP contribution in [0.1, 0.15) is 119 Å². The van der Waals surface area contributed by atoms with E-state index in [2.05, 4.69) is 47.5 Å². The Bertz CT molecular complexity index is 2140. The minimum atomic E-state index is -1.35. The maximum Gasteiger partial charge on any atom is 0.245 e. The van der Waals surface area contributed by atoms with Gasteiger partial charge in [0.2, 0.25) is 59.1 Å². The van der Waals surface area contributed by atoms with Gasteiger partial charge in [-0.15, -0.1) is 0 Å². The molecule has 1 aromatic rings. The van der Waals surface area contributed by atoms with Crippen LogP contribution in [-0.2, 0) is 54.4 Å². The fraction of sp³-hybridized carbons (Fsp3) is 0.667. The normalized spacial score (nSPS) is 16.3. The summed E-state index contributed by atoms with van der Waals surface area (Å²) < 4.78 is 0. The fourth-order valence-corrected chi connectivity index (χ4v) is 8.21. The van der Waals surface area contributed by atoms with E-state index in [1.807, 2.05) is 6.92 Å². The van der Waals surface area contributed by atoms with E-state index in [1.165, 1.54) is 31.0 Å². The highest BCUT2D eigenvalue weighted by atomic mass is 16.3. The molecular formula is C51H85N13O11. The lowest BCUT2D eigenvalue weighted by Gasteiger charge is -2.32. The summed E-state index contributed by atoms with van der Waals surface area (Å²) in [6.07, 6.45) is 2.68. The molecule has 9 atom stereocenters. The van der Waals surface area contributed by atoms with Crippen LogP contribution in [0.25, 0.3) is 0 Å². The van der Waals surface area contributed by atoms with Crippen LogP contribution in [0.5, 0.6) is 5.75 Å². The zero-order chi connectivity index (χ0) is 56.5. The second kappa shape index (κ2) is 32.3. The molecule has 0 radical (unpaired) electrons.